The minimum absolute atomic E-state index is 0.0772. The summed E-state index contributed by atoms with van der Waals surface area (Å²) in [6.45, 7) is 5.23. The van der Waals surface area contributed by atoms with Crippen LogP contribution in [-0.2, 0) is 9.53 Å². The van der Waals surface area contributed by atoms with Gasteiger partial charge in [-0.15, -0.1) is 0 Å². The fraction of sp³-hybridized carbons (Fsp3) is 0.364. The number of carbonyl (C=O) groups excluding carboxylic acids is 2. The summed E-state index contributed by atoms with van der Waals surface area (Å²) in [6.07, 6.45) is 0. The van der Waals surface area contributed by atoms with Gasteiger partial charge in [-0.1, -0.05) is 12.1 Å². The second kappa shape index (κ2) is 10.5. The van der Waals surface area contributed by atoms with Gasteiger partial charge in [0.2, 0.25) is 0 Å². The third-order valence-electron chi connectivity index (χ3n) is 4.52. The first-order chi connectivity index (χ1) is 14.2. The molecule has 1 amide bonds. The van der Waals surface area contributed by atoms with Gasteiger partial charge in [-0.3, -0.25) is 9.59 Å². The lowest BCUT2D eigenvalue weighted by Crippen LogP contribution is -2.36. The van der Waals surface area contributed by atoms with Crippen molar-refractivity contribution in [3.05, 3.63) is 54.1 Å². The molecule has 0 spiro atoms. The number of rotatable bonds is 9. The van der Waals surface area contributed by atoms with Crippen molar-refractivity contribution in [2.24, 2.45) is 0 Å². The lowest BCUT2D eigenvalue weighted by molar-refractivity contribution is -0.122. The lowest BCUT2D eigenvalue weighted by Gasteiger charge is -2.28. The van der Waals surface area contributed by atoms with Crippen LogP contribution in [0.2, 0.25) is 0 Å². The fourth-order valence-electron chi connectivity index (χ4n) is 3.00. The van der Waals surface area contributed by atoms with Crippen molar-refractivity contribution in [2.45, 2.75) is 6.92 Å². The number of para-hydroxylation sites is 2. The molecule has 2 aromatic rings. The Labute approximate surface area is 170 Å². The molecule has 154 valence electrons. The molecular formula is C22H26N2O5. The Balaban J connectivity index is 1.45. The average molecular weight is 398 g/mol. The fourth-order valence-corrected chi connectivity index (χ4v) is 3.00. The van der Waals surface area contributed by atoms with E-state index in [2.05, 4.69) is 10.2 Å². The number of hydrogen-bond donors (Lipinski definition) is 1. The molecule has 0 aliphatic carbocycles. The van der Waals surface area contributed by atoms with Crippen molar-refractivity contribution >= 4 is 17.4 Å². The maximum absolute atomic E-state index is 12.3. The van der Waals surface area contributed by atoms with E-state index < -0.39 is 0 Å². The van der Waals surface area contributed by atoms with Crippen LogP contribution in [0.3, 0.4) is 0 Å². The van der Waals surface area contributed by atoms with E-state index in [0.717, 1.165) is 18.8 Å². The molecule has 0 saturated carbocycles. The molecule has 29 heavy (non-hydrogen) atoms. The molecule has 2 aromatic carbocycles. The third kappa shape index (κ3) is 5.96. The summed E-state index contributed by atoms with van der Waals surface area (Å²) in [7, 11) is 0. The number of amides is 1. The van der Waals surface area contributed by atoms with Crippen molar-refractivity contribution < 1.29 is 23.8 Å². The van der Waals surface area contributed by atoms with Gasteiger partial charge in [-0.05, 0) is 43.3 Å². The van der Waals surface area contributed by atoms with Crippen molar-refractivity contribution in [3.8, 4) is 11.5 Å². The number of ketones is 1. The Morgan fingerprint density at radius 1 is 1.00 bits per heavy atom. The van der Waals surface area contributed by atoms with Crippen molar-refractivity contribution in [3.63, 3.8) is 0 Å². The maximum atomic E-state index is 12.3. The number of carbonyl (C=O) groups is 2. The molecule has 7 heteroatoms. The van der Waals surface area contributed by atoms with E-state index in [1.165, 1.54) is 0 Å². The second-order valence-electron chi connectivity index (χ2n) is 6.51. The molecule has 0 bridgehead atoms. The van der Waals surface area contributed by atoms with Gasteiger partial charge in [-0.25, -0.2) is 0 Å². The van der Waals surface area contributed by atoms with Crippen LogP contribution in [0.25, 0.3) is 0 Å². The van der Waals surface area contributed by atoms with E-state index in [0.29, 0.717) is 36.9 Å². The van der Waals surface area contributed by atoms with Crippen LogP contribution < -0.4 is 19.7 Å². The number of hydrogen-bond acceptors (Lipinski definition) is 6. The quantitative estimate of drug-likeness (QED) is 0.653. The van der Waals surface area contributed by atoms with Gasteiger partial charge in [0.05, 0.1) is 26.4 Å². The SMILES string of the molecule is CCOc1ccccc1OCC(=O)NCC(=O)c1ccc(N2CCOCC2)cc1. The van der Waals surface area contributed by atoms with Gasteiger partial charge in [-0.2, -0.15) is 0 Å². The minimum atomic E-state index is -0.366. The van der Waals surface area contributed by atoms with Gasteiger partial charge in [0.15, 0.2) is 23.9 Å². The molecule has 1 N–H and O–H groups in total. The number of Topliss-reactive ketones (excluding diaryl/α,β-unsaturated/α-hetero) is 1. The Hall–Kier alpha value is -3.06. The number of benzene rings is 2. The highest BCUT2D eigenvalue weighted by Gasteiger charge is 2.13. The molecule has 1 aliphatic heterocycles. The zero-order valence-electron chi connectivity index (χ0n) is 16.6. The van der Waals surface area contributed by atoms with Crippen molar-refractivity contribution in [1.82, 2.24) is 5.32 Å². The molecule has 0 radical (unpaired) electrons. The molecule has 3 rings (SSSR count). The Morgan fingerprint density at radius 3 is 2.31 bits per heavy atom. The Morgan fingerprint density at radius 2 is 1.66 bits per heavy atom. The standard InChI is InChI=1S/C22H26N2O5/c1-2-28-20-5-3-4-6-21(20)29-16-22(26)23-15-19(25)17-7-9-18(10-8-17)24-11-13-27-14-12-24/h3-10H,2,11-16H2,1H3,(H,23,26). The van der Waals surface area contributed by atoms with Crippen molar-refractivity contribution in [2.75, 3.05) is 51.0 Å². The van der Waals surface area contributed by atoms with E-state index in [4.69, 9.17) is 14.2 Å². The first-order valence-corrected chi connectivity index (χ1v) is 9.74. The average Bonchev–Trinajstić information content (AvgIpc) is 2.78. The highest BCUT2D eigenvalue weighted by molar-refractivity contribution is 5.99. The van der Waals surface area contributed by atoms with Gasteiger partial charge in [0, 0.05) is 24.3 Å². The molecule has 1 saturated heterocycles. The predicted molar refractivity (Wildman–Crippen MR) is 110 cm³/mol. The van der Waals surface area contributed by atoms with Crippen LogP contribution in [0.5, 0.6) is 11.5 Å². The minimum Gasteiger partial charge on any atom is -0.490 e. The molecule has 1 fully saturated rings. The molecule has 1 heterocycles. The van der Waals surface area contributed by atoms with E-state index in [1.54, 1.807) is 30.3 Å². The Bertz CT molecular complexity index is 816. The van der Waals surface area contributed by atoms with Gasteiger partial charge in [0.25, 0.3) is 5.91 Å². The van der Waals surface area contributed by atoms with Crippen LogP contribution in [-0.4, -0.2) is 57.8 Å². The Kier molecular flexibility index (Phi) is 7.47. The van der Waals surface area contributed by atoms with E-state index in [9.17, 15) is 9.59 Å². The van der Waals surface area contributed by atoms with E-state index >= 15 is 0 Å². The van der Waals surface area contributed by atoms with Crippen LogP contribution in [0.1, 0.15) is 17.3 Å². The topological polar surface area (TPSA) is 77.1 Å². The number of nitrogens with one attached hydrogen (secondary N) is 1. The molecular weight excluding hydrogens is 372 g/mol. The zero-order chi connectivity index (χ0) is 20.5. The predicted octanol–water partition coefficient (Wildman–Crippen LogP) is 2.30. The summed E-state index contributed by atoms with van der Waals surface area (Å²) in [4.78, 5) is 26.6. The molecule has 0 unspecified atom stereocenters. The normalized spacial score (nSPS) is 13.6. The highest BCUT2D eigenvalue weighted by Crippen LogP contribution is 2.26. The van der Waals surface area contributed by atoms with Crippen molar-refractivity contribution in [1.29, 1.82) is 0 Å². The summed E-state index contributed by atoms with van der Waals surface area (Å²) in [5.74, 6) is 0.560. The number of morpholine rings is 1. The molecule has 1 aliphatic rings. The van der Waals surface area contributed by atoms with Gasteiger partial charge < -0.3 is 24.4 Å². The summed E-state index contributed by atoms with van der Waals surface area (Å²) in [5, 5.41) is 2.60. The highest BCUT2D eigenvalue weighted by atomic mass is 16.5. The van der Waals surface area contributed by atoms with Crippen LogP contribution in [0, 0.1) is 0 Å². The third-order valence-corrected chi connectivity index (χ3v) is 4.52. The summed E-state index contributed by atoms with van der Waals surface area (Å²) >= 11 is 0. The summed E-state index contributed by atoms with van der Waals surface area (Å²) in [6, 6.07) is 14.6. The summed E-state index contributed by atoms with van der Waals surface area (Å²) in [5.41, 5.74) is 1.63. The largest absolute Gasteiger partial charge is 0.490 e. The van der Waals surface area contributed by atoms with E-state index in [-0.39, 0.29) is 24.8 Å². The van der Waals surface area contributed by atoms with Gasteiger partial charge >= 0.3 is 0 Å². The van der Waals surface area contributed by atoms with Crippen LogP contribution in [0.15, 0.2) is 48.5 Å². The lowest BCUT2D eigenvalue weighted by atomic mass is 10.1. The first kappa shape index (κ1) is 20.7. The first-order valence-electron chi connectivity index (χ1n) is 9.74. The second-order valence-corrected chi connectivity index (χ2v) is 6.51. The molecule has 0 atom stereocenters. The van der Waals surface area contributed by atoms with Crippen LogP contribution in [0.4, 0.5) is 5.69 Å². The number of anilines is 1. The smallest absolute Gasteiger partial charge is 0.258 e. The zero-order valence-corrected chi connectivity index (χ0v) is 16.6. The number of nitrogens with zero attached hydrogens (tertiary/aromatic N) is 1. The summed E-state index contributed by atoms with van der Waals surface area (Å²) < 4.78 is 16.3. The van der Waals surface area contributed by atoms with Crippen LogP contribution >= 0.6 is 0 Å². The molecule has 0 aromatic heterocycles. The number of ether oxygens (including phenoxy) is 3. The molecule has 7 nitrogen and oxygen atoms in total. The van der Waals surface area contributed by atoms with E-state index in [1.807, 2.05) is 25.1 Å². The maximum Gasteiger partial charge on any atom is 0.258 e. The monoisotopic (exact) mass is 398 g/mol. The van der Waals surface area contributed by atoms with Gasteiger partial charge in [0.1, 0.15) is 0 Å².